The summed E-state index contributed by atoms with van der Waals surface area (Å²) in [6.45, 7) is 0. The standard InChI is InChI=1S/C21H14Cl2F3N3/c22-9-8-13-4-6-14(7-5-13)29-19-12-16(23)15(21(24,25)26)11-18(19)28-20(29)17-3-1-2-10-27-17/h1-7,10-12H,8-9H2. The second-order valence-corrected chi connectivity index (χ2v) is 7.19. The minimum Gasteiger partial charge on any atom is -0.291 e. The van der Waals surface area contributed by atoms with Crippen LogP contribution in [0.2, 0.25) is 5.02 Å². The molecule has 0 N–H and O–H groups in total. The number of imidazole rings is 1. The molecule has 0 aliphatic carbocycles. The number of hydrogen-bond donors (Lipinski definition) is 0. The Morgan fingerprint density at radius 3 is 2.38 bits per heavy atom. The first-order valence-corrected chi connectivity index (χ1v) is 9.65. The van der Waals surface area contributed by atoms with E-state index in [0.29, 0.717) is 22.9 Å². The smallest absolute Gasteiger partial charge is 0.291 e. The second kappa shape index (κ2) is 7.69. The van der Waals surface area contributed by atoms with Crippen molar-refractivity contribution in [2.24, 2.45) is 0 Å². The van der Waals surface area contributed by atoms with Crippen LogP contribution in [0.1, 0.15) is 11.1 Å². The monoisotopic (exact) mass is 435 g/mol. The molecule has 0 unspecified atom stereocenters. The first kappa shape index (κ1) is 19.7. The number of pyridine rings is 1. The molecule has 3 nitrogen and oxygen atoms in total. The number of alkyl halides is 4. The van der Waals surface area contributed by atoms with Crippen molar-refractivity contribution in [2.75, 3.05) is 5.88 Å². The van der Waals surface area contributed by atoms with E-state index < -0.39 is 11.7 Å². The molecule has 4 aromatic rings. The van der Waals surface area contributed by atoms with Crippen molar-refractivity contribution < 1.29 is 13.2 Å². The van der Waals surface area contributed by atoms with Gasteiger partial charge in [-0.2, -0.15) is 13.2 Å². The number of rotatable bonds is 4. The molecule has 29 heavy (non-hydrogen) atoms. The van der Waals surface area contributed by atoms with Crippen LogP contribution in [0.3, 0.4) is 0 Å². The zero-order valence-electron chi connectivity index (χ0n) is 14.9. The first-order valence-electron chi connectivity index (χ1n) is 8.74. The average Bonchev–Trinajstić information content (AvgIpc) is 3.06. The summed E-state index contributed by atoms with van der Waals surface area (Å²) in [7, 11) is 0. The Hall–Kier alpha value is -2.57. The number of halogens is 5. The average molecular weight is 436 g/mol. The summed E-state index contributed by atoms with van der Waals surface area (Å²) in [6.07, 6.45) is -2.24. The van der Waals surface area contributed by atoms with Crippen LogP contribution in [0.5, 0.6) is 0 Å². The summed E-state index contributed by atoms with van der Waals surface area (Å²) < 4.78 is 41.7. The van der Waals surface area contributed by atoms with Gasteiger partial charge in [-0.1, -0.05) is 29.8 Å². The lowest BCUT2D eigenvalue weighted by Crippen LogP contribution is -2.06. The van der Waals surface area contributed by atoms with Gasteiger partial charge in [0.25, 0.3) is 0 Å². The molecule has 0 saturated heterocycles. The van der Waals surface area contributed by atoms with Crippen molar-refractivity contribution in [1.29, 1.82) is 0 Å². The summed E-state index contributed by atoms with van der Waals surface area (Å²) in [5.74, 6) is 0.934. The molecule has 0 saturated carbocycles. The molecule has 0 fully saturated rings. The van der Waals surface area contributed by atoms with Gasteiger partial charge in [0, 0.05) is 17.8 Å². The van der Waals surface area contributed by atoms with Gasteiger partial charge in [0.2, 0.25) is 0 Å². The lowest BCUT2D eigenvalue weighted by molar-refractivity contribution is -0.137. The lowest BCUT2D eigenvalue weighted by Gasteiger charge is -2.12. The summed E-state index contributed by atoms with van der Waals surface area (Å²) in [5.41, 5.74) is 2.08. The first-order chi connectivity index (χ1) is 13.9. The molecular weight excluding hydrogens is 422 g/mol. The Morgan fingerprint density at radius 1 is 1.00 bits per heavy atom. The van der Waals surface area contributed by atoms with Crippen molar-refractivity contribution >= 4 is 34.2 Å². The van der Waals surface area contributed by atoms with Crippen molar-refractivity contribution in [3.63, 3.8) is 0 Å². The van der Waals surface area contributed by atoms with Crippen molar-refractivity contribution in [3.05, 3.63) is 76.9 Å². The molecular formula is C21H14Cl2F3N3. The molecule has 8 heteroatoms. The van der Waals surface area contributed by atoms with Gasteiger partial charge in [-0.05, 0) is 48.4 Å². The van der Waals surface area contributed by atoms with Crippen LogP contribution in [-0.4, -0.2) is 20.4 Å². The molecule has 2 aromatic carbocycles. The van der Waals surface area contributed by atoms with Gasteiger partial charge < -0.3 is 0 Å². The van der Waals surface area contributed by atoms with Gasteiger partial charge in [-0.25, -0.2) is 4.98 Å². The molecule has 0 amide bonds. The van der Waals surface area contributed by atoms with E-state index in [1.165, 1.54) is 6.07 Å². The molecule has 0 bridgehead atoms. The van der Waals surface area contributed by atoms with E-state index in [1.54, 1.807) is 29.0 Å². The van der Waals surface area contributed by atoms with Gasteiger partial charge in [-0.15, -0.1) is 11.6 Å². The Morgan fingerprint density at radius 2 is 1.76 bits per heavy atom. The molecule has 2 aromatic heterocycles. The van der Waals surface area contributed by atoms with Gasteiger partial charge in [-0.3, -0.25) is 9.55 Å². The van der Waals surface area contributed by atoms with Crippen LogP contribution in [0.25, 0.3) is 28.2 Å². The zero-order chi connectivity index (χ0) is 20.6. The fourth-order valence-corrected chi connectivity index (χ4v) is 3.65. The van der Waals surface area contributed by atoms with Crippen molar-refractivity contribution in [2.45, 2.75) is 12.6 Å². The number of aromatic nitrogens is 3. The van der Waals surface area contributed by atoms with Gasteiger partial charge in [0.1, 0.15) is 5.69 Å². The number of benzene rings is 2. The Labute approximate surface area is 174 Å². The van der Waals surface area contributed by atoms with E-state index in [2.05, 4.69) is 9.97 Å². The van der Waals surface area contributed by atoms with Crippen LogP contribution < -0.4 is 0 Å². The Kier molecular flexibility index (Phi) is 5.23. The van der Waals surface area contributed by atoms with E-state index in [0.717, 1.165) is 23.7 Å². The summed E-state index contributed by atoms with van der Waals surface area (Å²) >= 11 is 11.8. The van der Waals surface area contributed by atoms with Crippen LogP contribution in [0.15, 0.2) is 60.8 Å². The van der Waals surface area contributed by atoms with Crippen molar-refractivity contribution in [1.82, 2.24) is 14.5 Å². The minimum atomic E-state index is -4.57. The number of hydrogen-bond acceptors (Lipinski definition) is 2. The number of aryl methyl sites for hydroxylation is 1. The highest BCUT2D eigenvalue weighted by Gasteiger charge is 2.34. The maximum atomic E-state index is 13.3. The molecule has 0 aliphatic heterocycles. The molecule has 148 valence electrons. The van der Waals surface area contributed by atoms with Gasteiger partial charge in [0.05, 0.1) is 21.6 Å². The highest BCUT2D eigenvalue weighted by molar-refractivity contribution is 6.32. The molecule has 0 radical (unpaired) electrons. The molecule has 0 spiro atoms. The fraction of sp³-hybridized carbons (Fsp3) is 0.143. The van der Waals surface area contributed by atoms with E-state index in [1.807, 2.05) is 24.3 Å². The molecule has 0 aliphatic rings. The predicted octanol–water partition coefficient (Wildman–Crippen LogP) is 6.54. The van der Waals surface area contributed by atoms with Crippen LogP contribution in [-0.2, 0) is 12.6 Å². The third-order valence-electron chi connectivity index (χ3n) is 4.52. The lowest BCUT2D eigenvalue weighted by atomic mass is 10.1. The van der Waals surface area contributed by atoms with Crippen LogP contribution in [0, 0.1) is 0 Å². The van der Waals surface area contributed by atoms with Crippen LogP contribution >= 0.6 is 23.2 Å². The topological polar surface area (TPSA) is 30.7 Å². The van der Waals surface area contributed by atoms with Crippen LogP contribution in [0.4, 0.5) is 13.2 Å². The third-order valence-corrected chi connectivity index (χ3v) is 5.02. The number of nitrogens with zero attached hydrogens (tertiary/aromatic N) is 3. The molecule has 4 rings (SSSR count). The largest absolute Gasteiger partial charge is 0.417 e. The highest BCUT2D eigenvalue weighted by atomic mass is 35.5. The maximum Gasteiger partial charge on any atom is 0.417 e. The summed E-state index contributed by atoms with van der Waals surface area (Å²) in [4.78, 5) is 8.77. The molecule has 2 heterocycles. The Balaban J connectivity index is 1.98. The van der Waals surface area contributed by atoms with E-state index in [4.69, 9.17) is 23.2 Å². The van der Waals surface area contributed by atoms with E-state index >= 15 is 0 Å². The van der Waals surface area contributed by atoms with E-state index in [-0.39, 0.29) is 10.5 Å². The summed E-state index contributed by atoms with van der Waals surface area (Å²) in [5, 5.41) is -0.377. The van der Waals surface area contributed by atoms with Gasteiger partial charge >= 0.3 is 6.18 Å². The second-order valence-electron chi connectivity index (χ2n) is 6.41. The molecule has 0 atom stereocenters. The highest BCUT2D eigenvalue weighted by Crippen LogP contribution is 2.38. The number of fused-ring (bicyclic) bond motifs is 1. The SMILES string of the molecule is FC(F)(F)c1cc2nc(-c3ccccn3)n(-c3ccc(CCCl)cc3)c2cc1Cl. The summed E-state index contributed by atoms with van der Waals surface area (Å²) in [6, 6.07) is 15.2. The fourth-order valence-electron chi connectivity index (χ4n) is 3.16. The maximum absolute atomic E-state index is 13.3. The van der Waals surface area contributed by atoms with Crippen molar-refractivity contribution in [3.8, 4) is 17.2 Å². The van der Waals surface area contributed by atoms with Gasteiger partial charge in [0.15, 0.2) is 5.82 Å². The predicted molar refractivity (Wildman–Crippen MR) is 109 cm³/mol. The normalized spacial score (nSPS) is 11.9. The quantitative estimate of drug-likeness (QED) is 0.340. The Bertz CT molecular complexity index is 1150. The third kappa shape index (κ3) is 3.82. The zero-order valence-corrected chi connectivity index (χ0v) is 16.4. The minimum absolute atomic E-state index is 0.187. The van der Waals surface area contributed by atoms with E-state index in [9.17, 15) is 13.2 Å².